The Morgan fingerprint density at radius 3 is 2.25 bits per heavy atom. The van der Waals surface area contributed by atoms with Gasteiger partial charge in [-0.05, 0) is 42.3 Å². The number of thiocarbonyl (C=S) groups is 1. The van der Waals surface area contributed by atoms with Crippen LogP contribution in [0.2, 0.25) is 0 Å². The average Bonchev–Trinajstić information content (AvgIpc) is 2.55. The molecule has 0 aliphatic heterocycles. The number of nitrogens with zero attached hydrogens (tertiary/aromatic N) is 1. The summed E-state index contributed by atoms with van der Waals surface area (Å²) >= 11 is 4.42. The molecule has 0 radical (unpaired) electrons. The van der Waals surface area contributed by atoms with Gasteiger partial charge in [-0.2, -0.15) is 4.99 Å². The number of isothiocyanates is 1. The molecule has 0 saturated heterocycles. The number of halogens is 2. The van der Waals surface area contributed by atoms with Gasteiger partial charge in [-0.3, -0.25) is 0 Å². The van der Waals surface area contributed by atoms with Crippen LogP contribution in [0.5, 0.6) is 0 Å². The number of hydrogen-bond donors (Lipinski definition) is 0. The molecular weight excluding hydrogens is 324 g/mol. The van der Waals surface area contributed by atoms with E-state index < -0.39 is 11.6 Å². The fourth-order valence-corrected chi connectivity index (χ4v) is 2.31. The molecule has 0 amide bonds. The summed E-state index contributed by atoms with van der Waals surface area (Å²) in [5, 5.41) is 2.08. The summed E-state index contributed by atoms with van der Waals surface area (Å²) in [6.45, 7) is 4.37. The van der Waals surface area contributed by atoms with Crippen LogP contribution < -0.4 is 0 Å². The lowest BCUT2D eigenvalue weighted by Crippen LogP contribution is -1.97. The molecule has 0 spiro atoms. The second-order valence-electron chi connectivity index (χ2n) is 5.65. The zero-order valence-corrected chi connectivity index (χ0v) is 14.4. The van der Waals surface area contributed by atoms with E-state index in [1.54, 1.807) is 0 Å². The fourth-order valence-electron chi connectivity index (χ4n) is 2.20. The van der Waals surface area contributed by atoms with Crippen LogP contribution in [0.25, 0.3) is 0 Å². The number of aliphatic imine (C=N–C) groups is 1. The summed E-state index contributed by atoms with van der Waals surface area (Å²) in [5.74, 6) is 4.44. The summed E-state index contributed by atoms with van der Waals surface area (Å²) in [4.78, 5) is 3.56. The molecule has 0 aliphatic carbocycles. The Morgan fingerprint density at radius 1 is 1.08 bits per heavy atom. The SMILES string of the molecule is CCC(C)Cc1ccc(C#Cc2c(F)cc(N=C=S)cc2F)cc1. The average molecular weight is 341 g/mol. The number of hydrogen-bond acceptors (Lipinski definition) is 2. The molecule has 2 rings (SSSR count). The highest BCUT2D eigenvalue weighted by Gasteiger charge is 2.08. The van der Waals surface area contributed by atoms with E-state index in [2.05, 4.69) is 48.1 Å². The van der Waals surface area contributed by atoms with E-state index in [0.717, 1.165) is 25.0 Å². The van der Waals surface area contributed by atoms with Crippen molar-refractivity contribution >= 4 is 23.1 Å². The Bertz CT molecular complexity index is 802. The molecule has 2 aromatic rings. The highest BCUT2D eigenvalue weighted by atomic mass is 32.1. The van der Waals surface area contributed by atoms with Crippen molar-refractivity contribution in [3.8, 4) is 11.8 Å². The molecule has 2 aromatic carbocycles. The van der Waals surface area contributed by atoms with Crippen molar-refractivity contribution in [2.75, 3.05) is 0 Å². The molecule has 0 aliphatic rings. The zero-order valence-electron chi connectivity index (χ0n) is 13.6. The molecule has 1 nitrogen and oxygen atoms in total. The Kier molecular flexibility index (Phi) is 6.37. The molecule has 0 aromatic heterocycles. The second kappa shape index (κ2) is 8.49. The van der Waals surface area contributed by atoms with Gasteiger partial charge in [0.15, 0.2) is 0 Å². The van der Waals surface area contributed by atoms with Gasteiger partial charge in [0, 0.05) is 17.7 Å². The molecule has 24 heavy (non-hydrogen) atoms. The van der Waals surface area contributed by atoms with E-state index in [1.807, 2.05) is 24.3 Å². The van der Waals surface area contributed by atoms with Gasteiger partial charge in [0.1, 0.15) is 11.6 Å². The predicted octanol–water partition coefficient (Wildman–Crippen LogP) is 5.69. The van der Waals surface area contributed by atoms with Crippen molar-refractivity contribution in [1.82, 2.24) is 0 Å². The molecule has 0 fully saturated rings. The highest BCUT2D eigenvalue weighted by Crippen LogP contribution is 2.20. The standard InChI is InChI=1S/C20H17F2NS/c1-3-14(2)10-16-6-4-15(5-7-16)8-9-18-19(21)11-17(23-13-24)12-20(18)22/h4-7,11-12,14H,3,10H2,1-2H3. The first-order valence-electron chi connectivity index (χ1n) is 7.71. The van der Waals surface area contributed by atoms with Gasteiger partial charge < -0.3 is 0 Å². The molecule has 4 heteroatoms. The summed E-state index contributed by atoms with van der Waals surface area (Å²) in [6, 6.07) is 9.90. The molecule has 0 N–H and O–H groups in total. The number of benzene rings is 2. The van der Waals surface area contributed by atoms with Gasteiger partial charge in [0.2, 0.25) is 0 Å². The van der Waals surface area contributed by atoms with Gasteiger partial charge in [-0.25, -0.2) is 8.78 Å². The van der Waals surface area contributed by atoms with Gasteiger partial charge >= 0.3 is 0 Å². The van der Waals surface area contributed by atoms with E-state index in [1.165, 1.54) is 5.56 Å². The molecule has 0 saturated carbocycles. The van der Waals surface area contributed by atoms with Gasteiger partial charge in [0.25, 0.3) is 0 Å². The van der Waals surface area contributed by atoms with Crippen molar-refractivity contribution in [2.24, 2.45) is 10.9 Å². The minimum Gasteiger partial charge on any atom is -0.205 e. The topological polar surface area (TPSA) is 12.4 Å². The molecule has 1 unspecified atom stereocenters. The van der Waals surface area contributed by atoms with Crippen molar-refractivity contribution in [1.29, 1.82) is 0 Å². The first-order chi connectivity index (χ1) is 11.5. The lowest BCUT2D eigenvalue weighted by molar-refractivity contribution is 0.560. The summed E-state index contributed by atoms with van der Waals surface area (Å²) in [6.07, 6.45) is 2.14. The quantitative estimate of drug-likeness (QED) is 0.395. The van der Waals surface area contributed by atoms with Crippen molar-refractivity contribution in [3.05, 3.63) is 64.7 Å². The summed E-state index contributed by atoms with van der Waals surface area (Å²) < 4.78 is 27.8. The van der Waals surface area contributed by atoms with Crippen LogP contribution in [-0.4, -0.2) is 5.16 Å². The first kappa shape index (κ1) is 18.0. The molecule has 0 bridgehead atoms. The van der Waals surface area contributed by atoms with Crippen LogP contribution in [0.4, 0.5) is 14.5 Å². The Hall–Kier alpha value is -2.34. The van der Waals surface area contributed by atoms with E-state index >= 15 is 0 Å². The maximum absolute atomic E-state index is 13.9. The van der Waals surface area contributed by atoms with Crippen LogP contribution in [-0.2, 0) is 6.42 Å². The van der Waals surface area contributed by atoms with Crippen LogP contribution in [0, 0.1) is 29.4 Å². The van der Waals surface area contributed by atoms with E-state index in [4.69, 9.17) is 0 Å². The fraction of sp³-hybridized carbons (Fsp3) is 0.250. The first-order valence-corrected chi connectivity index (χ1v) is 8.12. The largest absolute Gasteiger partial charge is 0.205 e. The van der Waals surface area contributed by atoms with E-state index in [9.17, 15) is 8.78 Å². The van der Waals surface area contributed by atoms with Crippen molar-refractivity contribution in [3.63, 3.8) is 0 Å². The molecule has 1 atom stereocenters. The number of rotatable bonds is 4. The molecule has 122 valence electrons. The zero-order chi connectivity index (χ0) is 17.5. The lowest BCUT2D eigenvalue weighted by Gasteiger charge is -2.07. The third kappa shape index (κ3) is 4.83. The summed E-state index contributed by atoms with van der Waals surface area (Å²) in [7, 11) is 0. The predicted molar refractivity (Wildman–Crippen MR) is 96.6 cm³/mol. The van der Waals surface area contributed by atoms with Crippen LogP contribution in [0.15, 0.2) is 41.4 Å². The Balaban J connectivity index is 2.22. The Morgan fingerprint density at radius 2 is 1.71 bits per heavy atom. The van der Waals surface area contributed by atoms with Crippen LogP contribution >= 0.6 is 12.2 Å². The second-order valence-corrected chi connectivity index (χ2v) is 5.83. The van der Waals surface area contributed by atoms with Crippen LogP contribution in [0.1, 0.15) is 37.0 Å². The van der Waals surface area contributed by atoms with Crippen molar-refractivity contribution < 1.29 is 8.78 Å². The normalized spacial score (nSPS) is 11.2. The van der Waals surface area contributed by atoms with Gasteiger partial charge in [-0.1, -0.05) is 44.2 Å². The highest BCUT2D eigenvalue weighted by molar-refractivity contribution is 7.78. The Labute approximate surface area is 146 Å². The van der Waals surface area contributed by atoms with Crippen LogP contribution in [0.3, 0.4) is 0 Å². The summed E-state index contributed by atoms with van der Waals surface area (Å²) in [5.41, 5.74) is 1.75. The van der Waals surface area contributed by atoms with E-state index in [-0.39, 0.29) is 11.3 Å². The van der Waals surface area contributed by atoms with Crippen molar-refractivity contribution in [2.45, 2.75) is 26.7 Å². The maximum Gasteiger partial charge on any atom is 0.143 e. The maximum atomic E-state index is 13.9. The third-order valence-electron chi connectivity index (χ3n) is 3.77. The third-order valence-corrected chi connectivity index (χ3v) is 3.86. The smallest absolute Gasteiger partial charge is 0.143 e. The monoisotopic (exact) mass is 341 g/mol. The minimum atomic E-state index is -0.764. The molecule has 0 heterocycles. The van der Waals surface area contributed by atoms with Gasteiger partial charge in [0.05, 0.1) is 16.4 Å². The lowest BCUT2D eigenvalue weighted by atomic mass is 9.98. The van der Waals surface area contributed by atoms with E-state index in [0.29, 0.717) is 11.5 Å². The molecular formula is C20H17F2NS. The minimum absolute atomic E-state index is 0.0833. The van der Waals surface area contributed by atoms with Gasteiger partial charge in [-0.15, -0.1) is 0 Å².